The van der Waals surface area contributed by atoms with Gasteiger partial charge in [-0.25, -0.2) is 0 Å². The zero-order valence-electron chi connectivity index (χ0n) is 13.7. The normalized spacial score (nSPS) is 19.5. The first-order chi connectivity index (χ1) is 11.6. The maximum Gasteiger partial charge on any atom is 0.264 e. The number of piperidine rings is 1. The number of carbonyl (C=O) groups excluding carboxylic acids is 2. The molecule has 1 spiro atoms. The molecule has 2 aliphatic rings. The van der Waals surface area contributed by atoms with Gasteiger partial charge >= 0.3 is 0 Å². The van der Waals surface area contributed by atoms with Crippen LogP contribution in [0.3, 0.4) is 0 Å². The van der Waals surface area contributed by atoms with E-state index >= 15 is 0 Å². The van der Waals surface area contributed by atoms with Gasteiger partial charge < -0.3 is 9.80 Å². The number of aryl methyl sites for hydroxylation is 1. The third kappa shape index (κ3) is 2.35. The van der Waals surface area contributed by atoms with Crippen molar-refractivity contribution in [2.45, 2.75) is 19.8 Å². The summed E-state index contributed by atoms with van der Waals surface area (Å²) in [6.07, 6.45) is 1.54. The average Bonchev–Trinajstić information content (AvgIpc) is 3.06. The molecule has 124 valence electrons. The summed E-state index contributed by atoms with van der Waals surface area (Å²) in [6.45, 7) is 4.09. The summed E-state index contributed by atoms with van der Waals surface area (Å²) in [5.41, 5.74) is 1.76. The largest absolute Gasteiger partial charge is 0.338 e. The quantitative estimate of drug-likeness (QED) is 0.787. The average molecular weight is 340 g/mol. The Balaban J connectivity index is 1.41. The van der Waals surface area contributed by atoms with Crippen molar-refractivity contribution in [2.24, 2.45) is 5.41 Å². The number of amides is 2. The van der Waals surface area contributed by atoms with E-state index in [1.165, 1.54) is 11.3 Å². The minimum Gasteiger partial charge on any atom is -0.338 e. The van der Waals surface area contributed by atoms with Gasteiger partial charge in [0.1, 0.15) is 0 Å². The van der Waals surface area contributed by atoms with Crippen LogP contribution < -0.4 is 4.90 Å². The number of hydrogen-bond acceptors (Lipinski definition) is 3. The van der Waals surface area contributed by atoms with Gasteiger partial charge in [-0.15, -0.1) is 11.3 Å². The number of carbonyl (C=O) groups is 2. The predicted molar refractivity (Wildman–Crippen MR) is 95.4 cm³/mol. The van der Waals surface area contributed by atoms with E-state index in [4.69, 9.17) is 0 Å². The van der Waals surface area contributed by atoms with Crippen LogP contribution >= 0.6 is 11.3 Å². The van der Waals surface area contributed by atoms with Gasteiger partial charge in [-0.1, -0.05) is 18.2 Å². The van der Waals surface area contributed by atoms with Crippen LogP contribution in [-0.2, 0) is 4.79 Å². The zero-order chi connectivity index (χ0) is 16.7. The molecule has 24 heavy (non-hydrogen) atoms. The standard InChI is InChI=1S/C19H20N2O2S/c1-14-7-12-24-16(14)17(22)20-10-8-19(9-11-20)13-21(18(19)23)15-5-3-2-4-6-15/h2-7,12H,8-11,13H2,1H3. The lowest BCUT2D eigenvalue weighted by atomic mass is 9.70. The van der Waals surface area contributed by atoms with Gasteiger partial charge in [0.25, 0.3) is 5.91 Å². The molecule has 0 saturated carbocycles. The lowest BCUT2D eigenvalue weighted by Crippen LogP contribution is -2.65. The lowest BCUT2D eigenvalue weighted by Gasteiger charge is -2.52. The molecule has 2 aliphatic heterocycles. The van der Waals surface area contributed by atoms with Crippen LogP contribution in [0.5, 0.6) is 0 Å². The zero-order valence-corrected chi connectivity index (χ0v) is 14.5. The number of thiophene rings is 1. The van der Waals surface area contributed by atoms with E-state index in [1.807, 2.05) is 58.5 Å². The summed E-state index contributed by atoms with van der Waals surface area (Å²) in [4.78, 5) is 29.9. The van der Waals surface area contributed by atoms with Crippen LogP contribution in [0.4, 0.5) is 5.69 Å². The van der Waals surface area contributed by atoms with E-state index in [0.717, 1.165) is 35.5 Å². The third-order valence-electron chi connectivity index (χ3n) is 5.29. The molecule has 0 atom stereocenters. The van der Waals surface area contributed by atoms with Gasteiger partial charge in [-0.3, -0.25) is 9.59 Å². The maximum atomic E-state index is 12.7. The van der Waals surface area contributed by atoms with Crippen molar-refractivity contribution in [1.82, 2.24) is 4.90 Å². The molecule has 2 saturated heterocycles. The fourth-order valence-electron chi connectivity index (χ4n) is 3.70. The Kier molecular flexibility index (Phi) is 3.68. The van der Waals surface area contributed by atoms with Crippen molar-refractivity contribution in [2.75, 3.05) is 24.5 Å². The smallest absolute Gasteiger partial charge is 0.264 e. The lowest BCUT2D eigenvalue weighted by molar-refractivity contribution is -0.138. The molecule has 4 rings (SSSR count). The second kappa shape index (κ2) is 5.74. The summed E-state index contributed by atoms with van der Waals surface area (Å²) < 4.78 is 0. The minimum absolute atomic E-state index is 0.115. The van der Waals surface area contributed by atoms with Crippen LogP contribution in [0, 0.1) is 12.3 Å². The van der Waals surface area contributed by atoms with E-state index in [0.29, 0.717) is 13.1 Å². The van der Waals surface area contributed by atoms with Crippen LogP contribution in [0.2, 0.25) is 0 Å². The minimum atomic E-state index is -0.253. The first-order valence-electron chi connectivity index (χ1n) is 8.31. The predicted octanol–water partition coefficient (Wildman–Crippen LogP) is 3.33. The van der Waals surface area contributed by atoms with Crippen molar-refractivity contribution >= 4 is 28.8 Å². The second-order valence-corrected chi connectivity index (χ2v) is 7.65. The molecule has 5 heteroatoms. The van der Waals surface area contributed by atoms with Crippen molar-refractivity contribution in [3.63, 3.8) is 0 Å². The number of benzene rings is 1. The summed E-state index contributed by atoms with van der Waals surface area (Å²) in [7, 11) is 0. The number of likely N-dealkylation sites (tertiary alicyclic amines) is 1. The number of β-lactam (4-membered cyclic amide) rings is 1. The number of nitrogens with zero attached hydrogens (tertiary/aromatic N) is 2. The molecule has 0 aliphatic carbocycles. The molecule has 0 bridgehead atoms. The van der Waals surface area contributed by atoms with E-state index in [1.54, 1.807) is 0 Å². The Morgan fingerprint density at radius 1 is 1.12 bits per heavy atom. The Morgan fingerprint density at radius 3 is 2.42 bits per heavy atom. The maximum absolute atomic E-state index is 12.7. The highest BCUT2D eigenvalue weighted by molar-refractivity contribution is 7.12. The SMILES string of the molecule is Cc1ccsc1C(=O)N1CCC2(CC1)CN(c1ccccc1)C2=O. The van der Waals surface area contributed by atoms with Crippen LogP contribution in [0.15, 0.2) is 41.8 Å². The monoisotopic (exact) mass is 340 g/mol. The van der Waals surface area contributed by atoms with Gasteiger partial charge in [0.05, 0.1) is 10.3 Å². The van der Waals surface area contributed by atoms with Gasteiger partial charge in [-0.05, 0) is 48.9 Å². The van der Waals surface area contributed by atoms with E-state index < -0.39 is 0 Å². The molecule has 2 aromatic rings. The molecular weight excluding hydrogens is 320 g/mol. The summed E-state index contributed by atoms with van der Waals surface area (Å²) in [6, 6.07) is 11.8. The molecule has 3 heterocycles. The van der Waals surface area contributed by atoms with Crippen LogP contribution in [-0.4, -0.2) is 36.3 Å². The fourth-order valence-corrected chi connectivity index (χ4v) is 4.59. The second-order valence-electron chi connectivity index (χ2n) is 6.73. The number of para-hydroxylation sites is 1. The van der Waals surface area contributed by atoms with Gasteiger partial charge in [-0.2, -0.15) is 0 Å². The summed E-state index contributed by atoms with van der Waals surface area (Å²) in [5.74, 6) is 0.331. The van der Waals surface area contributed by atoms with E-state index in [2.05, 4.69) is 0 Å². The fraction of sp³-hybridized carbons (Fsp3) is 0.368. The van der Waals surface area contributed by atoms with E-state index in [-0.39, 0.29) is 17.2 Å². The van der Waals surface area contributed by atoms with Crippen molar-refractivity contribution in [1.29, 1.82) is 0 Å². The highest BCUT2D eigenvalue weighted by Crippen LogP contribution is 2.44. The van der Waals surface area contributed by atoms with Crippen molar-refractivity contribution in [3.05, 3.63) is 52.2 Å². The van der Waals surface area contributed by atoms with Crippen molar-refractivity contribution in [3.8, 4) is 0 Å². The third-order valence-corrected chi connectivity index (χ3v) is 6.30. The van der Waals surface area contributed by atoms with Crippen LogP contribution in [0.1, 0.15) is 28.1 Å². The molecule has 1 aromatic heterocycles. The summed E-state index contributed by atoms with van der Waals surface area (Å²) in [5, 5.41) is 1.96. The Bertz CT molecular complexity index is 776. The van der Waals surface area contributed by atoms with Gasteiger partial charge in [0, 0.05) is 25.3 Å². The first-order valence-corrected chi connectivity index (χ1v) is 9.19. The highest BCUT2D eigenvalue weighted by Gasteiger charge is 2.53. The number of anilines is 1. The number of hydrogen-bond donors (Lipinski definition) is 0. The highest BCUT2D eigenvalue weighted by atomic mass is 32.1. The number of rotatable bonds is 2. The molecule has 0 unspecified atom stereocenters. The van der Waals surface area contributed by atoms with Gasteiger partial charge in [0.15, 0.2) is 0 Å². The molecule has 0 N–H and O–H groups in total. The van der Waals surface area contributed by atoms with Crippen molar-refractivity contribution < 1.29 is 9.59 Å². The molecule has 1 aromatic carbocycles. The summed E-state index contributed by atoms with van der Waals surface area (Å²) >= 11 is 1.50. The topological polar surface area (TPSA) is 40.6 Å². The molecule has 2 amide bonds. The van der Waals surface area contributed by atoms with E-state index in [9.17, 15) is 9.59 Å². The molecule has 0 radical (unpaired) electrons. The van der Waals surface area contributed by atoms with Crippen LogP contribution in [0.25, 0.3) is 0 Å². The van der Waals surface area contributed by atoms with Gasteiger partial charge in [0.2, 0.25) is 5.91 Å². The Morgan fingerprint density at radius 2 is 1.83 bits per heavy atom. The molecular formula is C19H20N2O2S. The Hall–Kier alpha value is -2.14. The molecule has 2 fully saturated rings. The first kappa shape index (κ1) is 15.4. The molecule has 4 nitrogen and oxygen atoms in total. The Labute approximate surface area is 145 Å².